The van der Waals surface area contributed by atoms with Crippen LogP contribution in [0.15, 0.2) is 0 Å². The second-order valence-corrected chi connectivity index (χ2v) is 14.3. The van der Waals surface area contributed by atoms with Gasteiger partial charge < -0.3 is 4.43 Å². The van der Waals surface area contributed by atoms with Crippen LogP contribution in [0.3, 0.4) is 0 Å². The quantitative estimate of drug-likeness (QED) is 0.570. The Labute approximate surface area is 149 Å². The van der Waals surface area contributed by atoms with Crippen LogP contribution in [0.25, 0.3) is 0 Å². The molecule has 1 N–H and O–H groups in total. The maximum Gasteiger partial charge on any atom is 0.239 e. The van der Waals surface area contributed by atoms with E-state index < -0.39 is 8.32 Å². The van der Waals surface area contributed by atoms with E-state index in [1.807, 2.05) is 7.05 Å². The first-order valence-electron chi connectivity index (χ1n) is 9.69. The van der Waals surface area contributed by atoms with Crippen LogP contribution in [0, 0.1) is 11.8 Å². The molecule has 24 heavy (non-hydrogen) atoms. The summed E-state index contributed by atoms with van der Waals surface area (Å²) in [5.41, 5.74) is 3.69. The van der Waals surface area contributed by atoms with E-state index in [1.165, 1.54) is 25.7 Å². The number of hydrogen-bond donors (Lipinski definition) is 1. The monoisotopic (exact) mass is 354 g/mol. The summed E-state index contributed by atoms with van der Waals surface area (Å²) in [6.07, 6.45) is 7.07. The molecule has 1 aliphatic carbocycles. The standard InChI is InChI=1S/C19H38N2O2Si/c1-15-16-11-10-13-19(16,20-21(5)17(15)22)12-8-9-14-23-24(6,7)18(2,3)4/h15-16,20H,8-14H2,1-7H3/t15-,16+,19+/m1/s1. The summed E-state index contributed by atoms with van der Waals surface area (Å²) < 4.78 is 6.31. The van der Waals surface area contributed by atoms with Gasteiger partial charge in [-0.1, -0.05) is 34.1 Å². The lowest BCUT2D eigenvalue weighted by molar-refractivity contribution is -0.149. The molecule has 0 aromatic rings. The van der Waals surface area contributed by atoms with Crippen molar-refractivity contribution < 1.29 is 9.22 Å². The van der Waals surface area contributed by atoms with Crippen LogP contribution in [0.4, 0.5) is 0 Å². The van der Waals surface area contributed by atoms with Gasteiger partial charge in [-0.25, -0.2) is 5.43 Å². The number of hydrogen-bond acceptors (Lipinski definition) is 3. The normalized spacial score (nSPS) is 31.5. The van der Waals surface area contributed by atoms with Gasteiger partial charge in [-0.2, -0.15) is 0 Å². The topological polar surface area (TPSA) is 41.6 Å². The van der Waals surface area contributed by atoms with Gasteiger partial charge in [0.25, 0.3) is 0 Å². The average molecular weight is 355 g/mol. The molecule has 2 fully saturated rings. The van der Waals surface area contributed by atoms with Gasteiger partial charge in [0.05, 0.1) is 0 Å². The van der Waals surface area contributed by atoms with Gasteiger partial charge in [-0.3, -0.25) is 9.80 Å². The molecule has 1 saturated carbocycles. The molecule has 2 rings (SSSR count). The zero-order chi connectivity index (χ0) is 18.2. The SMILES string of the molecule is C[C@H]1C(=O)N(C)N[C@@]2(CCCCO[Si](C)(C)C(C)(C)C)CCC[C@@H]12. The van der Waals surface area contributed by atoms with Gasteiger partial charge in [-0.05, 0) is 56.2 Å². The van der Waals surface area contributed by atoms with Crippen LogP contribution >= 0.6 is 0 Å². The van der Waals surface area contributed by atoms with Crippen LogP contribution in [0.5, 0.6) is 0 Å². The fourth-order valence-electron chi connectivity index (χ4n) is 4.29. The van der Waals surface area contributed by atoms with E-state index in [2.05, 4.69) is 46.2 Å². The Morgan fingerprint density at radius 1 is 1.33 bits per heavy atom. The van der Waals surface area contributed by atoms with Gasteiger partial charge in [0.2, 0.25) is 5.91 Å². The molecule has 0 spiro atoms. The minimum Gasteiger partial charge on any atom is -0.417 e. The fraction of sp³-hybridized carbons (Fsp3) is 0.947. The van der Waals surface area contributed by atoms with Gasteiger partial charge in [-0.15, -0.1) is 0 Å². The molecule has 0 radical (unpaired) electrons. The highest BCUT2D eigenvalue weighted by Crippen LogP contribution is 2.46. The number of unbranched alkanes of at least 4 members (excludes halogenated alkanes) is 1. The number of rotatable bonds is 6. The summed E-state index contributed by atoms with van der Waals surface area (Å²) >= 11 is 0. The molecule has 4 nitrogen and oxygen atoms in total. The second kappa shape index (κ2) is 7.08. The van der Waals surface area contributed by atoms with Crippen LogP contribution in [0.2, 0.25) is 18.1 Å². The lowest BCUT2D eigenvalue weighted by Crippen LogP contribution is -2.64. The van der Waals surface area contributed by atoms with Crippen LogP contribution in [-0.4, -0.2) is 38.4 Å². The van der Waals surface area contributed by atoms with Crippen LogP contribution in [0.1, 0.15) is 66.2 Å². The van der Waals surface area contributed by atoms with E-state index in [4.69, 9.17) is 4.43 Å². The lowest BCUT2D eigenvalue weighted by Gasteiger charge is -2.47. The van der Waals surface area contributed by atoms with Crippen molar-refractivity contribution in [2.75, 3.05) is 13.7 Å². The minimum absolute atomic E-state index is 0.138. The lowest BCUT2D eigenvalue weighted by atomic mass is 9.74. The van der Waals surface area contributed by atoms with E-state index in [-0.39, 0.29) is 22.4 Å². The van der Waals surface area contributed by atoms with Crippen LogP contribution in [-0.2, 0) is 9.22 Å². The van der Waals surface area contributed by atoms with Crippen molar-refractivity contribution in [1.29, 1.82) is 0 Å². The van der Waals surface area contributed by atoms with Gasteiger partial charge in [0.1, 0.15) is 0 Å². The first-order valence-corrected chi connectivity index (χ1v) is 12.6. The molecule has 0 bridgehead atoms. The zero-order valence-corrected chi connectivity index (χ0v) is 17.9. The molecule has 0 aromatic heterocycles. The number of carbonyl (C=O) groups is 1. The zero-order valence-electron chi connectivity index (χ0n) is 16.9. The maximum atomic E-state index is 12.2. The predicted molar refractivity (Wildman–Crippen MR) is 102 cm³/mol. The molecule has 2 aliphatic rings. The summed E-state index contributed by atoms with van der Waals surface area (Å²) in [7, 11) is 0.262. The number of amides is 1. The highest BCUT2D eigenvalue weighted by molar-refractivity contribution is 6.74. The summed E-state index contributed by atoms with van der Waals surface area (Å²) in [5, 5.41) is 2.03. The molecule has 0 aromatic carbocycles. The van der Waals surface area contributed by atoms with Crippen molar-refractivity contribution in [1.82, 2.24) is 10.4 Å². The van der Waals surface area contributed by atoms with E-state index in [0.29, 0.717) is 5.92 Å². The Morgan fingerprint density at radius 2 is 2.00 bits per heavy atom. The third-order valence-corrected chi connectivity index (χ3v) is 11.4. The molecule has 3 atom stereocenters. The largest absolute Gasteiger partial charge is 0.417 e. The highest BCUT2D eigenvalue weighted by atomic mass is 28.4. The number of nitrogens with zero attached hydrogens (tertiary/aromatic N) is 1. The van der Waals surface area contributed by atoms with Gasteiger partial charge in [0, 0.05) is 25.1 Å². The summed E-state index contributed by atoms with van der Waals surface area (Å²) in [6, 6.07) is 0. The summed E-state index contributed by atoms with van der Waals surface area (Å²) in [4.78, 5) is 12.2. The number of carbonyl (C=O) groups excluding carboxylic acids is 1. The summed E-state index contributed by atoms with van der Waals surface area (Å²) in [6.45, 7) is 14.5. The molecule has 140 valence electrons. The Bertz CT molecular complexity index is 461. The van der Waals surface area contributed by atoms with Crippen molar-refractivity contribution in [3.8, 4) is 0 Å². The summed E-state index contributed by atoms with van der Waals surface area (Å²) in [5.74, 6) is 0.906. The van der Waals surface area contributed by atoms with E-state index in [0.717, 1.165) is 19.4 Å². The molecular formula is C19H38N2O2Si. The number of hydrazine groups is 1. The van der Waals surface area contributed by atoms with Gasteiger partial charge in [0.15, 0.2) is 8.32 Å². The predicted octanol–water partition coefficient (Wildman–Crippen LogP) is 4.33. The van der Waals surface area contributed by atoms with E-state index in [9.17, 15) is 4.79 Å². The van der Waals surface area contributed by atoms with Crippen molar-refractivity contribution in [3.05, 3.63) is 0 Å². The first kappa shape index (κ1) is 19.9. The fourth-order valence-corrected chi connectivity index (χ4v) is 5.37. The third kappa shape index (κ3) is 3.88. The number of nitrogens with one attached hydrogen (secondary N) is 1. The van der Waals surface area contributed by atoms with E-state index >= 15 is 0 Å². The molecule has 5 heteroatoms. The Morgan fingerprint density at radius 3 is 2.62 bits per heavy atom. The molecule has 0 unspecified atom stereocenters. The molecule has 1 saturated heterocycles. The van der Waals surface area contributed by atoms with E-state index in [1.54, 1.807) is 5.01 Å². The Hall–Kier alpha value is -0.393. The third-order valence-electron chi connectivity index (χ3n) is 6.85. The van der Waals surface area contributed by atoms with Crippen molar-refractivity contribution in [3.63, 3.8) is 0 Å². The molecular weight excluding hydrogens is 316 g/mol. The smallest absolute Gasteiger partial charge is 0.239 e. The van der Waals surface area contributed by atoms with Crippen LogP contribution < -0.4 is 5.43 Å². The Kier molecular flexibility index (Phi) is 5.88. The second-order valence-electron chi connectivity index (χ2n) is 9.52. The molecule has 1 aliphatic heterocycles. The average Bonchev–Trinajstić information content (AvgIpc) is 2.87. The Balaban J connectivity index is 1.84. The number of fused-ring (bicyclic) bond motifs is 1. The van der Waals surface area contributed by atoms with Crippen molar-refractivity contribution in [2.24, 2.45) is 11.8 Å². The maximum absolute atomic E-state index is 12.2. The minimum atomic E-state index is -1.62. The molecule has 1 amide bonds. The van der Waals surface area contributed by atoms with Gasteiger partial charge >= 0.3 is 0 Å². The highest BCUT2D eigenvalue weighted by Gasteiger charge is 2.51. The van der Waals surface area contributed by atoms with Crippen molar-refractivity contribution >= 4 is 14.2 Å². The molecule has 1 heterocycles. The van der Waals surface area contributed by atoms with Crippen molar-refractivity contribution in [2.45, 2.75) is 89.9 Å². The first-order chi connectivity index (χ1) is 11.0.